The van der Waals surface area contributed by atoms with Crippen molar-refractivity contribution >= 4 is 23.9 Å². The minimum atomic E-state index is -0.452. The lowest BCUT2D eigenvalue weighted by Gasteiger charge is -2.02. The number of ketones is 1. The molecular weight excluding hydrogens is 364 g/mol. The summed E-state index contributed by atoms with van der Waals surface area (Å²) in [4.78, 5) is 24.1. The monoisotopic (exact) mass is 384 g/mol. The molecule has 0 saturated carbocycles. The van der Waals surface area contributed by atoms with Crippen LogP contribution in [0.5, 0.6) is 11.5 Å². The maximum atomic E-state index is 12.2. The van der Waals surface area contributed by atoms with E-state index in [4.69, 9.17) is 9.47 Å². The maximum absolute atomic E-state index is 12.2. The fourth-order valence-electron chi connectivity index (χ4n) is 2.55. The molecule has 0 radical (unpaired) electrons. The van der Waals surface area contributed by atoms with Gasteiger partial charge in [-0.1, -0.05) is 48.5 Å². The molecule has 0 saturated heterocycles. The van der Waals surface area contributed by atoms with Crippen molar-refractivity contribution in [2.75, 3.05) is 7.11 Å². The predicted molar refractivity (Wildman–Crippen MR) is 114 cm³/mol. The molecule has 0 aromatic heterocycles. The van der Waals surface area contributed by atoms with Crippen LogP contribution in [0, 0.1) is 0 Å². The third-order valence-electron chi connectivity index (χ3n) is 4.11. The molecule has 3 rings (SSSR count). The van der Waals surface area contributed by atoms with Gasteiger partial charge in [0.25, 0.3) is 0 Å². The second-order valence-corrected chi connectivity index (χ2v) is 6.16. The van der Waals surface area contributed by atoms with Crippen LogP contribution >= 0.6 is 0 Å². The van der Waals surface area contributed by atoms with Crippen molar-refractivity contribution in [3.05, 3.63) is 108 Å². The zero-order valence-corrected chi connectivity index (χ0v) is 15.9. The van der Waals surface area contributed by atoms with Gasteiger partial charge in [0, 0.05) is 11.6 Å². The highest BCUT2D eigenvalue weighted by atomic mass is 16.5. The highest BCUT2D eigenvalue weighted by Gasteiger charge is 2.03. The molecule has 0 unspecified atom stereocenters. The molecule has 0 heterocycles. The van der Waals surface area contributed by atoms with Crippen LogP contribution in [0.1, 0.15) is 21.5 Å². The van der Waals surface area contributed by atoms with Crippen LogP contribution in [0.4, 0.5) is 0 Å². The third kappa shape index (κ3) is 6.04. The van der Waals surface area contributed by atoms with E-state index in [0.29, 0.717) is 17.1 Å². The van der Waals surface area contributed by atoms with Crippen LogP contribution in [0.3, 0.4) is 0 Å². The molecule has 144 valence electrons. The molecule has 3 aromatic carbocycles. The Morgan fingerprint density at radius 1 is 0.690 bits per heavy atom. The summed E-state index contributed by atoms with van der Waals surface area (Å²) in [6.07, 6.45) is 6.31. The van der Waals surface area contributed by atoms with E-state index in [-0.39, 0.29) is 5.78 Å². The van der Waals surface area contributed by atoms with Gasteiger partial charge >= 0.3 is 5.97 Å². The van der Waals surface area contributed by atoms with E-state index >= 15 is 0 Å². The van der Waals surface area contributed by atoms with Crippen molar-refractivity contribution in [3.8, 4) is 11.5 Å². The first-order valence-corrected chi connectivity index (χ1v) is 9.05. The summed E-state index contributed by atoms with van der Waals surface area (Å²) in [5, 5.41) is 0. The van der Waals surface area contributed by atoms with E-state index in [1.54, 1.807) is 67.8 Å². The number of esters is 1. The number of carbonyl (C=O) groups is 2. The summed E-state index contributed by atoms with van der Waals surface area (Å²) in [6, 6.07) is 23.4. The summed E-state index contributed by atoms with van der Waals surface area (Å²) in [5.74, 6) is 0.585. The lowest BCUT2D eigenvalue weighted by molar-refractivity contribution is -0.128. The topological polar surface area (TPSA) is 52.6 Å². The van der Waals surface area contributed by atoms with Gasteiger partial charge in [0.15, 0.2) is 5.78 Å². The van der Waals surface area contributed by atoms with Crippen LogP contribution < -0.4 is 9.47 Å². The highest BCUT2D eigenvalue weighted by Crippen LogP contribution is 2.15. The van der Waals surface area contributed by atoms with E-state index in [2.05, 4.69) is 0 Å². The normalized spacial score (nSPS) is 10.9. The molecule has 0 fully saturated rings. The number of hydrogen-bond donors (Lipinski definition) is 0. The zero-order valence-electron chi connectivity index (χ0n) is 15.9. The number of allylic oxidation sites excluding steroid dienone is 1. The number of carbonyl (C=O) groups excluding carboxylic acids is 2. The summed E-state index contributed by atoms with van der Waals surface area (Å²) in [6.45, 7) is 0. The second kappa shape index (κ2) is 9.85. The molecule has 0 aliphatic rings. The van der Waals surface area contributed by atoms with Gasteiger partial charge in [-0.15, -0.1) is 0 Å². The average molecular weight is 384 g/mol. The fourth-order valence-corrected chi connectivity index (χ4v) is 2.55. The summed E-state index contributed by atoms with van der Waals surface area (Å²) in [7, 11) is 1.58. The number of ether oxygens (including phenoxy) is 2. The van der Waals surface area contributed by atoms with Crippen molar-refractivity contribution in [1.29, 1.82) is 0 Å². The molecule has 0 aliphatic carbocycles. The van der Waals surface area contributed by atoms with Gasteiger partial charge in [-0.05, 0) is 59.7 Å². The van der Waals surface area contributed by atoms with Crippen LogP contribution in [0.25, 0.3) is 12.2 Å². The lowest BCUT2D eigenvalue weighted by Crippen LogP contribution is -2.03. The SMILES string of the molecule is COc1ccc(C(=O)/C=C/c2ccc(OC(=O)/C=C/c3ccccc3)cc2)cc1. The van der Waals surface area contributed by atoms with Crippen molar-refractivity contribution in [2.45, 2.75) is 0 Å². The first-order valence-electron chi connectivity index (χ1n) is 9.05. The molecule has 0 atom stereocenters. The van der Waals surface area contributed by atoms with E-state index in [9.17, 15) is 9.59 Å². The van der Waals surface area contributed by atoms with Crippen molar-refractivity contribution in [3.63, 3.8) is 0 Å². The van der Waals surface area contributed by atoms with Gasteiger partial charge in [0.1, 0.15) is 11.5 Å². The summed E-state index contributed by atoms with van der Waals surface area (Å²) in [5.41, 5.74) is 2.33. The molecule has 3 aromatic rings. The van der Waals surface area contributed by atoms with Gasteiger partial charge in [0.2, 0.25) is 0 Å². The Bertz CT molecular complexity index is 1010. The predicted octanol–water partition coefficient (Wildman–Crippen LogP) is 5.21. The molecular formula is C25H20O4. The van der Waals surface area contributed by atoms with E-state index < -0.39 is 5.97 Å². The van der Waals surface area contributed by atoms with Gasteiger partial charge < -0.3 is 9.47 Å². The first kappa shape index (κ1) is 19.8. The van der Waals surface area contributed by atoms with E-state index in [0.717, 1.165) is 11.1 Å². The Hall–Kier alpha value is -3.92. The molecule has 29 heavy (non-hydrogen) atoms. The molecule has 4 heteroatoms. The van der Waals surface area contributed by atoms with Crippen LogP contribution in [0.2, 0.25) is 0 Å². The third-order valence-corrected chi connectivity index (χ3v) is 4.11. The van der Waals surface area contributed by atoms with Crippen LogP contribution in [-0.4, -0.2) is 18.9 Å². The van der Waals surface area contributed by atoms with Crippen LogP contribution in [-0.2, 0) is 4.79 Å². The molecule has 0 bridgehead atoms. The second-order valence-electron chi connectivity index (χ2n) is 6.16. The average Bonchev–Trinajstić information content (AvgIpc) is 2.78. The largest absolute Gasteiger partial charge is 0.497 e. The standard InChI is InChI=1S/C25H20O4/c1-28-22-15-11-21(12-16-22)24(26)17-9-20-7-13-23(14-8-20)29-25(27)18-10-19-5-3-2-4-6-19/h2-18H,1H3/b17-9+,18-10+. The van der Waals surface area contributed by atoms with Gasteiger partial charge in [0.05, 0.1) is 7.11 Å². The Morgan fingerprint density at radius 2 is 1.28 bits per heavy atom. The van der Waals surface area contributed by atoms with Crippen LogP contribution in [0.15, 0.2) is 91.0 Å². The van der Waals surface area contributed by atoms with Gasteiger partial charge in [-0.25, -0.2) is 4.79 Å². The Morgan fingerprint density at radius 3 is 1.93 bits per heavy atom. The molecule has 4 nitrogen and oxygen atoms in total. The smallest absolute Gasteiger partial charge is 0.336 e. The lowest BCUT2D eigenvalue weighted by atomic mass is 10.1. The maximum Gasteiger partial charge on any atom is 0.336 e. The molecule has 0 amide bonds. The number of benzene rings is 3. The van der Waals surface area contributed by atoms with Crippen molar-refractivity contribution in [2.24, 2.45) is 0 Å². The molecule has 0 spiro atoms. The molecule has 0 aliphatic heterocycles. The minimum absolute atomic E-state index is 0.103. The number of methoxy groups -OCH3 is 1. The van der Waals surface area contributed by atoms with Gasteiger partial charge in [-0.3, -0.25) is 4.79 Å². The van der Waals surface area contributed by atoms with E-state index in [1.807, 2.05) is 30.3 Å². The van der Waals surface area contributed by atoms with E-state index in [1.165, 1.54) is 12.2 Å². The fraction of sp³-hybridized carbons (Fsp3) is 0.0400. The Labute approximate surface area is 169 Å². The van der Waals surface area contributed by atoms with Gasteiger partial charge in [-0.2, -0.15) is 0 Å². The van der Waals surface area contributed by atoms with Crippen molar-refractivity contribution < 1.29 is 19.1 Å². The van der Waals surface area contributed by atoms with Crippen molar-refractivity contribution in [1.82, 2.24) is 0 Å². The summed E-state index contributed by atoms with van der Waals surface area (Å²) < 4.78 is 10.4. The highest BCUT2D eigenvalue weighted by molar-refractivity contribution is 6.06. The molecule has 0 N–H and O–H groups in total. The first-order chi connectivity index (χ1) is 14.1. The number of hydrogen-bond acceptors (Lipinski definition) is 4. The quantitative estimate of drug-likeness (QED) is 0.243. The number of rotatable bonds is 7. The summed E-state index contributed by atoms with van der Waals surface area (Å²) >= 11 is 0. The Kier molecular flexibility index (Phi) is 6.74. The minimum Gasteiger partial charge on any atom is -0.497 e. The zero-order chi connectivity index (χ0) is 20.5. The Balaban J connectivity index is 1.56.